The Hall–Kier alpha value is -1.89. The van der Waals surface area contributed by atoms with Gasteiger partial charge in [-0.15, -0.1) is 0 Å². The van der Waals surface area contributed by atoms with Gasteiger partial charge in [-0.25, -0.2) is 8.42 Å². The molecule has 1 fully saturated rings. The van der Waals surface area contributed by atoms with Gasteiger partial charge in [-0.1, -0.05) is 25.0 Å². The van der Waals surface area contributed by atoms with E-state index in [0.29, 0.717) is 18.0 Å². The molecule has 2 aliphatic rings. The van der Waals surface area contributed by atoms with Crippen LogP contribution in [0.2, 0.25) is 0 Å². The minimum Gasteiger partial charge on any atom is -0.466 e. The van der Waals surface area contributed by atoms with Crippen LogP contribution in [0.1, 0.15) is 38.2 Å². The number of amidine groups is 1. The quantitative estimate of drug-likeness (QED) is 0.850. The van der Waals surface area contributed by atoms with Crippen molar-refractivity contribution in [2.45, 2.75) is 37.5 Å². The summed E-state index contributed by atoms with van der Waals surface area (Å²) in [6.45, 7) is 2.37. The van der Waals surface area contributed by atoms with Crippen molar-refractivity contribution in [2.24, 2.45) is 10.4 Å². The van der Waals surface area contributed by atoms with Crippen LogP contribution in [-0.4, -0.2) is 33.4 Å². The molecule has 1 N–H and O–H groups in total. The van der Waals surface area contributed by atoms with Crippen LogP contribution in [-0.2, 0) is 19.6 Å². The molecule has 1 aromatic carbocycles. The lowest BCUT2D eigenvalue weighted by atomic mass is 9.86. The molecule has 3 rings (SSSR count). The van der Waals surface area contributed by atoms with Crippen molar-refractivity contribution in [1.82, 2.24) is 4.72 Å². The smallest absolute Gasteiger partial charge is 0.313 e. The Labute approximate surface area is 136 Å². The number of carbonyl (C=O) groups is 1. The fraction of sp³-hybridized carbons (Fsp3) is 0.500. The number of hydrogen-bond acceptors (Lipinski definition) is 5. The van der Waals surface area contributed by atoms with Crippen molar-refractivity contribution in [3.05, 3.63) is 29.8 Å². The average molecular weight is 336 g/mol. The number of benzene rings is 1. The third kappa shape index (κ3) is 2.85. The molecule has 1 aliphatic heterocycles. The van der Waals surface area contributed by atoms with Crippen LogP contribution in [0.5, 0.6) is 0 Å². The summed E-state index contributed by atoms with van der Waals surface area (Å²) in [6, 6.07) is 6.72. The number of sulfonamides is 1. The minimum absolute atomic E-state index is 0.226. The lowest BCUT2D eigenvalue weighted by molar-refractivity contribution is -0.154. The van der Waals surface area contributed by atoms with Crippen LogP contribution in [0, 0.1) is 5.41 Å². The molecule has 6 nitrogen and oxygen atoms in total. The molecule has 0 saturated heterocycles. The number of nitrogens with zero attached hydrogens (tertiary/aromatic N) is 1. The van der Waals surface area contributed by atoms with Crippen molar-refractivity contribution >= 4 is 21.8 Å². The second-order valence-electron chi connectivity index (χ2n) is 5.97. The van der Waals surface area contributed by atoms with Crippen LogP contribution < -0.4 is 4.72 Å². The van der Waals surface area contributed by atoms with Crippen molar-refractivity contribution < 1.29 is 17.9 Å². The molecule has 124 valence electrons. The highest BCUT2D eigenvalue weighted by molar-refractivity contribution is 7.90. The van der Waals surface area contributed by atoms with E-state index in [-0.39, 0.29) is 17.4 Å². The average Bonchev–Trinajstić information content (AvgIpc) is 3.10. The molecule has 0 bridgehead atoms. The highest BCUT2D eigenvalue weighted by Gasteiger charge is 2.43. The largest absolute Gasteiger partial charge is 0.466 e. The topological polar surface area (TPSA) is 84.8 Å². The number of hydrogen-bond donors (Lipinski definition) is 1. The Morgan fingerprint density at radius 1 is 1.30 bits per heavy atom. The summed E-state index contributed by atoms with van der Waals surface area (Å²) in [6.07, 6.45) is 3.39. The molecule has 0 unspecified atom stereocenters. The van der Waals surface area contributed by atoms with Gasteiger partial charge in [-0.2, -0.15) is 0 Å². The van der Waals surface area contributed by atoms with Crippen molar-refractivity contribution in [2.75, 3.05) is 13.2 Å². The standard InChI is InChI=1S/C16H20N2O4S/c1-2-22-15(19)16(9-5-6-10-16)11-17-14-12-7-3-4-8-13(12)23(20,21)18-14/h3-4,7-8H,2,5-6,9-11H2,1H3,(H,17,18). The summed E-state index contributed by atoms with van der Waals surface area (Å²) in [7, 11) is -3.55. The van der Waals surface area contributed by atoms with E-state index in [4.69, 9.17) is 4.74 Å². The zero-order valence-electron chi connectivity index (χ0n) is 13.0. The van der Waals surface area contributed by atoms with Gasteiger partial charge in [0.1, 0.15) is 5.84 Å². The highest BCUT2D eigenvalue weighted by Crippen LogP contribution is 2.40. The monoisotopic (exact) mass is 336 g/mol. The summed E-state index contributed by atoms with van der Waals surface area (Å²) < 4.78 is 31.9. The Morgan fingerprint density at radius 3 is 2.70 bits per heavy atom. The van der Waals surface area contributed by atoms with Crippen LogP contribution in [0.15, 0.2) is 34.2 Å². The molecule has 1 saturated carbocycles. The number of fused-ring (bicyclic) bond motifs is 1. The first-order valence-electron chi connectivity index (χ1n) is 7.82. The van der Waals surface area contributed by atoms with Gasteiger partial charge in [0.25, 0.3) is 10.0 Å². The third-order valence-corrected chi connectivity index (χ3v) is 5.87. The lowest BCUT2D eigenvalue weighted by Gasteiger charge is -2.24. The van der Waals surface area contributed by atoms with Crippen LogP contribution >= 0.6 is 0 Å². The van der Waals surface area contributed by atoms with Crippen molar-refractivity contribution in [3.8, 4) is 0 Å². The molecule has 7 heteroatoms. The minimum atomic E-state index is -3.55. The molecular weight excluding hydrogens is 316 g/mol. The Kier molecular flexibility index (Phi) is 4.14. The predicted molar refractivity (Wildman–Crippen MR) is 85.7 cm³/mol. The summed E-state index contributed by atoms with van der Waals surface area (Å²) >= 11 is 0. The lowest BCUT2D eigenvalue weighted by Crippen LogP contribution is -2.34. The maximum atomic E-state index is 12.3. The Morgan fingerprint density at radius 2 is 2.00 bits per heavy atom. The first kappa shape index (κ1) is 16.0. The number of aliphatic imine (C=N–C) groups is 1. The number of rotatable bonds is 4. The summed E-state index contributed by atoms with van der Waals surface area (Å²) in [5, 5.41) is 0. The van der Waals surface area contributed by atoms with E-state index < -0.39 is 15.4 Å². The fourth-order valence-corrected chi connectivity index (χ4v) is 4.50. The van der Waals surface area contributed by atoms with E-state index in [0.717, 1.165) is 25.7 Å². The number of esters is 1. The molecule has 0 amide bonds. The molecule has 23 heavy (non-hydrogen) atoms. The molecule has 0 spiro atoms. The third-order valence-electron chi connectivity index (χ3n) is 4.47. The van der Waals surface area contributed by atoms with Crippen molar-refractivity contribution in [1.29, 1.82) is 0 Å². The van der Waals surface area contributed by atoms with E-state index in [1.54, 1.807) is 31.2 Å². The van der Waals surface area contributed by atoms with Gasteiger partial charge in [0.05, 0.1) is 23.5 Å². The van der Waals surface area contributed by atoms with E-state index in [9.17, 15) is 13.2 Å². The van der Waals surface area contributed by atoms with Crippen molar-refractivity contribution in [3.63, 3.8) is 0 Å². The van der Waals surface area contributed by atoms with Gasteiger partial charge >= 0.3 is 5.97 Å². The summed E-state index contributed by atoms with van der Waals surface area (Å²) in [5.74, 6) is 0.0900. The molecule has 0 aromatic heterocycles. The normalized spacial score (nSPS) is 22.6. The van der Waals surface area contributed by atoms with Crippen LogP contribution in [0.4, 0.5) is 0 Å². The zero-order valence-corrected chi connectivity index (χ0v) is 13.9. The van der Waals surface area contributed by atoms with E-state index in [1.165, 1.54) is 0 Å². The van der Waals surface area contributed by atoms with Crippen LogP contribution in [0.3, 0.4) is 0 Å². The van der Waals surface area contributed by atoms with E-state index in [2.05, 4.69) is 9.71 Å². The second kappa shape index (κ2) is 5.96. The number of ether oxygens (including phenoxy) is 1. The zero-order chi connectivity index (χ0) is 16.5. The van der Waals surface area contributed by atoms with E-state index in [1.807, 2.05) is 0 Å². The molecule has 0 atom stereocenters. The first-order chi connectivity index (χ1) is 11.0. The Balaban J connectivity index is 1.89. The first-order valence-corrected chi connectivity index (χ1v) is 9.31. The summed E-state index contributed by atoms with van der Waals surface area (Å²) in [5.41, 5.74) is -0.0593. The SMILES string of the molecule is CCOC(=O)C1(CN=C2NS(=O)(=O)c3ccccc32)CCCC1. The summed E-state index contributed by atoms with van der Waals surface area (Å²) in [4.78, 5) is 17.0. The highest BCUT2D eigenvalue weighted by atomic mass is 32.2. The van der Waals surface area contributed by atoms with Gasteiger partial charge in [0, 0.05) is 5.56 Å². The van der Waals surface area contributed by atoms with Gasteiger partial charge in [0.2, 0.25) is 0 Å². The van der Waals surface area contributed by atoms with Gasteiger partial charge in [-0.05, 0) is 31.9 Å². The number of carbonyl (C=O) groups excluding carboxylic acids is 1. The van der Waals surface area contributed by atoms with Gasteiger partial charge in [0.15, 0.2) is 0 Å². The maximum Gasteiger partial charge on any atom is 0.313 e. The molecule has 1 aromatic rings. The van der Waals surface area contributed by atoms with Crippen LogP contribution in [0.25, 0.3) is 0 Å². The van der Waals surface area contributed by atoms with Gasteiger partial charge < -0.3 is 4.74 Å². The van der Waals surface area contributed by atoms with E-state index >= 15 is 0 Å². The number of nitrogens with one attached hydrogen (secondary N) is 1. The van der Waals surface area contributed by atoms with Gasteiger partial charge in [-0.3, -0.25) is 14.5 Å². The molecule has 1 aliphatic carbocycles. The second-order valence-corrected chi connectivity index (χ2v) is 7.63. The fourth-order valence-electron chi connectivity index (χ4n) is 3.24. The predicted octanol–water partition coefficient (Wildman–Crippen LogP) is 1.85. The molecule has 1 heterocycles. The molecular formula is C16H20N2O4S. The Bertz CT molecular complexity index is 749. The molecule has 0 radical (unpaired) electrons. The maximum absolute atomic E-state index is 12.3.